The van der Waals surface area contributed by atoms with Gasteiger partial charge in [-0.25, -0.2) is 0 Å². The van der Waals surface area contributed by atoms with Crippen molar-refractivity contribution >= 4 is 0 Å². The van der Waals surface area contributed by atoms with Gasteiger partial charge >= 0.3 is 0 Å². The summed E-state index contributed by atoms with van der Waals surface area (Å²) in [7, 11) is 2.21. The average Bonchev–Trinajstić information content (AvgIpc) is 2.35. The van der Waals surface area contributed by atoms with Crippen molar-refractivity contribution in [3.8, 4) is 0 Å². The zero-order chi connectivity index (χ0) is 13.1. The lowest BCUT2D eigenvalue weighted by molar-refractivity contribution is 0.226. The highest BCUT2D eigenvalue weighted by Crippen LogP contribution is 2.19. The van der Waals surface area contributed by atoms with E-state index in [-0.39, 0.29) is 0 Å². The lowest BCUT2D eigenvalue weighted by Crippen LogP contribution is -2.41. The molecule has 2 nitrogen and oxygen atoms in total. The third-order valence-electron chi connectivity index (χ3n) is 4.24. The Morgan fingerprint density at radius 2 is 1.83 bits per heavy atom. The van der Waals surface area contributed by atoms with Gasteiger partial charge in [-0.3, -0.25) is 0 Å². The van der Waals surface area contributed by atoms with Gasteiger partial charge < -0.3 is 10.2 Å². The van der Waals surface area contributed by atoms with Gasteiger partial charge in [-0.1, -0.05) is 18.2 Å². The van der Waals surface area contributed by atoms with E-state index in [9.17, 15) is 0 Å². The summed E-state index contributed by atoms with van der Waals surface area (Å²) >= 11 is 0. The monoisotopic (exact) mass is 246 g/mol. The van der Waals surface area contributed by atoms with Crippen LogP contribution in [0.1, 0.15) is 42.5 Å². The minimum atomic E-state index is 0.456. The van der Waals surface area contributed by atoms with Gasteiger partial charge in [0.2, 0.25) is 0 Å². The van der Waals surface area contributed by atoms with Crippen LogP contribution in [0.5, 0.6) is 0 Å². The molecule has 1 fully saturated rings. The van der Waals surface area contributed by atoms with E-state index in [0.717, 1.165) is 0 Å². The molecule has 0 saturated carbocycles. The predicted molar refractivity (Wildman–Crippen MR) is 78.0 cm³/mol. The van der Waals surface area contributed by atoms with Gasteiger partial charge in [0, 0.05) is 12.1 Å². The predicted octanol–water partition coefficient (Wildman–Crippen LogP) is 3.05. The molecule has 1 aromatic carbocycles. The Bertz CT molecular complexity index is 392. The molecule has 1 N–H and O–H groups in total. The van der Waals surface area contributed by atoms with Crippen LogP contribution in [0.3, 0.4) is 0 Å². The first-order valence-electron chi connectivity index (χ1n) is 7.08. The fraction of sp³-hybridized carbons (Fsp3) is 0.625. The highest BCUT2D eigenvalue weighted by atomic mass is 15.1. The molecule has 0 spiro atoms. The maximum absolute atomic E-state index is 3.78. The molecule has 2 rings (SSSR count). The molecular weight excluding hydrogens is 220 g/mol. The molecule has 18 heavy (non-hydrogen) atoms. The number of hydrogen-bond acceptors (Lipinski definition) is 2. The van der Waals surface area contributed by atoms with Crippen LogP contribution in [-0.2, 0) is 0 Å². The van der Waals surface area contributed by atoms with Crippen molar-refractivity contribution in [2.45, 2.75) is 45.7 Å². The van der Waals surface area contributed by atoms with Gasteiger partial charge in [-0.05, 0) is 70.4 Å². The van der Waals surface area contributed by atoms with Crippen LogP contribution in [0, 0.1) is 13.8 Å². The van der Waals surface area contributed by atoms with Crippen molar-refractivity contribution in [1.29, 1.82) is 0 Å². The Balaban J connectivity index is 1.94. The van der Waals surface area contributed by atoms with Crippen LogP contribution in [0.4, 0.5) is 0 Å². The molecule has 0 aliphatic carbocycles. The van der Waals surface area contributed by atoms with Gasteiger partial charge in [0.15, 0.2) is 0 Å². The smallest absolute Gasteiger partial charge is 0.0294 e. The molecule has 1 aliphatic rings. The van der Waals surface area contributed by atoms with Crippen molar-refractivity contribution in [3.05, 3.63) is 34.9 Å². The molecule has 0 amide bonds. The Labute approximate surface area is 111 Å². The van der Waals surface area contributed by atoms with E-state index in [0.29, 0.717) is 12.1 Å². The lowest BCUT2D eigenvalue weighted by atomic mass is 9.99. The fourth-order valence-corrected chi connectivity index (χ4v) is 2.66. The number of piperidine rings is 1. The number of rotatable bonds is 3. The standard InChI is InChI=1S/C16H26N2/c1-12-5-6-15(11-13(12)2)14(3)17-16-7-9-18(4)10-8-16/h5-6,11,14,16-17H,7-10H2,1-4H3. The molecule has 2 heteroatoms. The van der Waals surface area contributed by atoms with Gasteiger partial charge in [0.05, 0.1) is 0 Å². The summed E-state index contributed by atoms with van der Waals surface area (Å²) in [6.07, 6.45) is 2.54. The van der Waals surface area contributed by atoms with Crippen LogP contribution >= 0.6 is 0 Å². The van der Waals surface area contributed by atoms with Gasteiger partial charge in [0.25, 0.3) is 0 Å². The van der Waals surface area contributed by atoms with E-state index >= 15 is 0 Å². The molecule has 1 atom stereocenters. The van der Waals surface area contributed by atoms with Crippen molar-refractivity contribution in [3.63, 3.8) is 0 Å². The third kappa shape index (κ3) is 3.33. The minimum Gasteiger partial charge on any atom is -0.307 e. The molecule has 1 aromatic rings. The van der Waals surface area contributed by atoms with Crippen LogP contribution in [0.15, 0.2) is 18.2 Å². The molecule has 0 radical (unpaired) electrons. The number of nitrogens with one attached hydrogen (secondary N) is 1. The lowest BCUT2D eigenvalue weighted by Gasteiger charge is -2.31. The zero-order valence-electron chi connectivity index (χ0n) is 12.2. The van der Waals surface area contributed by atoms with Crippen LogP contribution in [-0.4, -0.2) is 31.1 Å². The molecule has 0 bridgehead atoms. The Morgan fingerprint density at radius 3 is 2.44 bits per heavy atom. The van der Waals surface area contributed by atoms with Crippen LogP contribution in [0.25, 0.3) is 0 Å². The molecule has 1 aliphatic heterocycles. The van der Waals surface area contributed by atoms with Crippen LogP contribution in [0.2, 0.25) is 0 Å². The number of nitrogens with zero attached hydrogens (tertiary/aromatic N) is 1. The van der Waals surface area contributed by atoms with Crippen molar-refractivity contribution < 1.29 is 0 Å². The summed E-state index contributed by atoms with van der Waals surface area (Å²) in [5.74, 6) is 0. The molecular formula is C16H26N2. The maximum atomic E-state index is 3.78. The molecule has 0 aromatic heterocycles. The SMILES string of the molecule is Cc1ccc(C(C)NC2CCN(C)CC2)cc1C. The van der Waals surface area contributed by atoms with Gasteiger partial charge in [-0.2, -0.15) is 0 Å². The van der Waals surface area contributed by atoms with Crippen molar-refractivity contribution in [1.82, 2.24) is 10.2 Å². The van der Waals surface area contributed by atoms with Crippen molar-refractivity contribution in [2.75, 3.05) is 20.1 Å². The summed E-state index contributed by atoms with van der Waals surface area (Å²) < 4.78 is 0. The van der Waals surface area contributed by atoms with E-state index in [2.05, 4.69) is 56.2 Å². The maximum Gasteiger partial charge on any atom is 0.0294 e. The highest BCUT2D eigenvalue weighted by Gasteiger charge is 2.18. The van der Waals surface area contributed by atoms with Crippen molar-refractivity contribution in [2.24, 2.45) is 0 Å². The van der Waals surface area contributed by atoms with E-state index in [1.54, 1.807) is 0 Å². The van der Waals surface area contributed by atoms with E-state index in [4.69, 9.17) is 0 Å². The first-order chi connectivity index (χ1) is 8.56. The normalized spacial score (nSPS) is 20.0. The molecule has 100 valence electrons. The summed E-state index contributed by atoms with van der Waals surface area (Å²) in [4.78, 5) is 2.42. The summed E-state index contributed by atoms with van der Waals surface area (Å²) in [5.41, 5.74) is 4.19. The molecule has 1 heterocycles. The topological polar surface area (TPSA) is 15.3 Å². The zero-order valence-corrected chi connectivity index (χ0v) is 12.2. The number of aryl methyl sites for hydroxylation is 2. The van der Waals surface area contributed by atoms with Crippen LogP contribution < -0.4 is 5.32 Å². The average molecular weight is 246 g/mol. The minimum absolute atomic E-state index is 0.456. The molecule has 1 unspecified atom stereocenters. The second kappa shape index (κ2) is 5.85. The summed E-state index contributed by atoms with van der Waals surface area (Å²) in [6.45, 7) is 9.09. The molecule has 1 saturated heterocycles. The Hall–Kier alpha value is -0.860. The number of likely N-dealkylation sites (tertiary alicyclic amines) is 1. The second-order valence-corrected chi connectivity index (χ2v) is 5.81. The Morgan fingerprint density at radius 1 is 1.17 bits per heavy atom. The Kier molecular flexibility index (Phi) is 4.41. The summed E-state index contributed by atoms with van der Waals surface area (Å²) in [5, 5.41) is 3.78. The first kappa shape index (κ1) is 13.6. The van der Waals surface area contributed by atoms with E-state index in [1.807, 2.05) is 0 Å². The van der Waals surface area contributed by atoms with E-state index < -0.39 is 0 Å². The fourth-order valence-electron chi connectivity index (χ4n) is 2.66. The quantitative estimate of drug-likeness (QED) is 0.882. The highest BCUT2D eigenvalue weighted by molar-refractivity contribution is 5.31. The number of hydrogen-bond donors (Lipinski definition) is 1. The second-order valence-electron chi connectivity index (χ2n) is 5.81. The summed E-state index contributed by atoms with van der Waals surface area (Å²) in [6, 6.07) is 7.95. The number of benzene rings is 1. The van der Waals surface area contributed by atoms with Gasteiger partial charge in [-0.15, -0.1) is 0 Å². The van der Waals surface area contributed by atoms with Gasteiger partial charge in [0.1, 0.15) is 0 Å². The third-order valence-corrected chi connectivity index (χ3v) is 4.24. The van der Waals surface area contributed by atoms with E-state index in [1.165, 1.54) is 42.6 Å². The largest absolute Gasteiger partial charge is 0.307 e. The first-order valence-corrected chi connectivity index (χ1v) is 7.08.